The average Bonchev–Trinajstić information content (AvgIpc) is 2.54. The summed E-state index contributed by atoms with van der Waals surface area (Å²) in [4.78, 5) is 14.2. The fraction of sp³-hybridized carbons (Fsp3) is 0.471. The molecule has 126 valence electrons. The van der Waals surface area contributed by atoms with Crippen LogP contribution in [0.5, 0.6) is 11.5 Å². The highest BCUT2D eigenvalue weighted by molar-refractivity contribution is 6.32. The van der Waals surface area contributed by atoms with Crippen molar-refractivity contribution in [1.29, 1.82) is 0 Å². The topological polar surface area (TPSA) is 48.0 Å². The summed E-state index contributed by atoms with van der Waals surface area (Å²) in [6.45, 7) is 5.09. The molecule has 1 saturated heterocycles. The molecule has 0 spiro atoms. The molecule has 1 amide bonds. The first-order valence-corrected chi connectivity index (χ1v) is 7.85. The fourth-order valence-corrected chi connectivity index (χ4v) is 2.80. The van der Waals surface area contributed by atoms with Crippen molar-refractivity contribution in [2.75, 3.05) is 27.4 Å². The number of carbonyl (C=O) groups excluding carboxylic acids is 1. The lowest BCUT2D eigenvalue weighted by Crippen LogP contribution is -2.49. The SMILES string of the molecule is COc1cc(/C=C/C(=O)N2CC(C)OCC2C)cc(Cl)c1OC. The van der Waals surface area contributed by atoms with Crippen molar-refractivity contribution in [2.24, 2.45) is 0 Å². The van der Waals surface area contributed by atoms with E-state index in [-0.39, 0.29) is 18.1 Å². The first-order valence-electron chi connectivity index (χ1n) is 7.48. The lowest BCUT2D eigenvalue weighted by atomic mass is 10.1. The number of amides is 1. The number of ether oxygens (including phenoxy) is 3. The number of rotatable bonds is 4. The molecule has 0 N–H and O–H groups in total. The normalized spacial score (nSPS) is 21.5. The van der Waals surface area contributed by atoms with Gasteiger partial charge in [0.15, 0.2) is 11.5 Å². The zero-order valence-electron chi connectivity index (χ0n) is 13.8. The Hall–Kier alpha value is -1.72. The third-order valence-corrected chi connectivity index (χ3v) is 4.05. The Morgan fingerprint density at radius 1 is 1.35 bits per heavy atom. The lowest BCUT2D eigenvalue weighted by Gasteiger charge is -2.36. The molecule has 2 atom stereocenters. The average molecular weight is 340 g/mol. The van der Waals surface area contributed by atoms with Gasteiger partial charge in [0, 0.05) is 12.6 Å². The number of hydrogen-bond acceptors (Lipinski definition) is 4. The van der Waals surface area contributed by atoms with Gasteiger partial charge in [0.25, 0.3) is 0 Å². The molecule has 5 nitrogen and oxygen atoms in total. The highest BCUT2D eigenvalue weighted by Gasteiger charge is 2.26. The van der Waals surface area contributed by atoms with E-state index in [0.29, 0.717) is 29.7 Å². The second-order valence-corrected chi connectivity index (χ2v) is 5.96. The Labute approximate surface area is 141 Å². The number of morpholine rings is 1. The van der Waals surface area contributed by atoms with Gasteiger partial charge in [-0.25, -0.2) is 0 Å². The minimum Gasteiger partial charge on any atom is -0.493 e. The minimum absolute atomic E-state index is 0.0430. The van der Waals surface area contributed by atoms with Crippen molar-refractivity contribution in [1.82, 2.24) is 4.90 Å². The highest BCUT2D eigenvalue weighted by atomic mass is 35.5. The maximum absolute atomic E-state index is 12.4. The number of carbonyl (C=O) groups is 1. The van der Waals surface area contributed by atoms with Crippen molar-refractivity contribution >= 4 is 23.6 Å². The Kier molecular flexibility index (Phi) is 5.91. The van der Waals surface area contributed by atoms with Gasteiger partial charge in [0.05, 0.1) is 38.0 Å². The van der Waals surface area contributed by atoms with Gasteiger partial charge in [-0.2, -0.15) is 0 Å². The summed E-state index contributed by atoms with van der Waals surface area (Å²) in [6, 6.07) is 3.58. The number of benzene rings is 1. The van der Waals surface area contributed by atoms with Gasteiger partial charge >= 0.3 is 0 Å². The maximum Gasteiger partial charge on any atom is 0.246 e. The van der Waals surface area contributed by atoms with Crippen LogP contribution in [-0.4, -0.2) is 50.3 Å². The molecule has 1 fully saturated rings. The summed E-state index contributed by atoms with van der Waals surface area (Å²) in [5.41, 5.74) is 0.773. The Morgan fingerprint density at radius 2 is 2.09 bits per heavy atom. The summed E-state index contributed by atoms with van der Waals surface area (Å²) >= 11 is 6.17. The van der Waals surface area contributed by atoms with E-state index in [2.05, 4.69) is 0 Å². The van der Waals surface area contributed by atoms with Crippen molar-refractivity contribution in [2.45, 2.75) is 26.0 Å². The van der Waals surface area contributed by atoms with E-state index >= 15 is 0 Å². The summed E-state index contributed by atoms with van der Waals surface area (Å²) in [6.07, 6.45) is 3.33. The first kappa shape index (κ1) is 17.6. The smallest absolute Gasteiger partial charge is 0.246 e. The molecule has 0 saturated carbocycles. The van der Waals surface area contributed by atoms with E-state index in [4.69, 9.17) is 25.8 Å². The van der Waals surface area contributed by atoms with Crippen LogP contribution in [0.1, 0.15) is 19.4 Å². The molecule has 0 bridgehead atoms. The minimum atomic E-state index is -0.0430. The monoisotopic (exact) mass is 339 g/mol. The predicted octanol–water partition coefficient (Wildman–Crippen LogP) is 3.01. The van der Waals surface area contributed by atoms with E-state index in [0.717, 1.165) is 5.56 Å². The standard InChI is InChI=1S/C17H22ClNO4/c1-11-10-23-12(2)9-19(11)16(20)6-5-13-7-14(18)17(22-4)15(8-13)21-3/h5-8,11-12H,9-10H2,1-4H3/b6-5+. The van der Waals surface area contributed by atoms with Crippen LogP contribution < -0.4 is 9.47 Å². The van der Waals surface area contributed by atoms with Gasteiger partial charge < -0.3 is 19.1 Å². The van der Waals surface area contributed by atoms with E-state index in [1.807, 2.05) is 18.7 Å². The van der Waals surface area contributed by atoms with Crippen molar-refractivity contribution in [3.63, 3.8) is 0 Å². The van der Waals surface area contributed by atoms with Gasteiger partial charge in [-0.3, -0.25) is 4.79 Å². The van der Waals surface area contributed by atoms with E-state index in [9.17, 15) is 4.79 Å². The summed E-state index contributed by atoms with van der Waals surface area (Å²) < 4.78 is 16.0. The third-order valence-electron chi connectivity index (χ3n) is 3.77. The van der Waals surface area contributed by atoms with Crippen LogP contribution in [0.25, 0.3) is 6.08 Å². The molecular formula is C17H22ClNO4. The number of halogens is 1. The van der Waals surface area contributed by atoms with Gasteiger partial charge in [0.2, 0.25) is 5.91 Å². The first-order chi connectivity index (χ1) is 11.0. The zero-order valence-corrected chi connectivity index (χ0v) is 14.6. The molecule has 1 aromatic carbocycles. The lowest BCUT2D eigenvalue weighted by molar-refractivity contribution is -0.137. The largest absolute Gasteiger partial charge is 0.493 e. The molecule has 1 aliphatic heterocycles. The Balaban J connectivity index is 2.16. The van der Waals surface area contributed by atoms with Gasteiger partial charge in [0.1, 0.15) is 0 Å². The number of hydrogen-bond donors (Lipinski definition) is 0. The van der Waals surface area contributed by atoms with Crippen LogP contribution in [0, 0.1) is 0 Å². The van der Waals surface area contributed by atoms with Crippen LogP contribution in [0.2, 0.25) is 5.02 Å². The summed E-state index contributed by atoms with van der Waals surface area (Å²) in [7, 11) is 3.08. The number of methoxy groups -OCH3 is 2. The van der Waals surface area contributed by atoms with Gasteiger partial charge in [-0.05, 0) is 37.6 Å². The molecule has 6 heteroatoms. The quantitative estimate of drug-likeness (QED) is 0.791. The van der Waals surface area contributed by atoms with Crippen molar-refractivity contribution in [3.8, 4) is 11.5 Å². The van der Waals surface area contributed by atoms with Gasteiger partial charge in [-0.1, -0.05) is 11.6 Å². The van der Waals surface area contributed by atoms with Crippen LogP contribution in [0.4, 0.5) is 0 Å². The van der Waals surface area contributed by atoms with Crippen LogP contribution in [-0.2, 0) is 9.53 Å². The molecule has 0 aliphatic carbocycles. The van der Waals surface area contributed by atoms with E-state index in [1.54, 1.807) is 31.4 Å². The molecule has 1 aromatic rings. The molecule has 0 aromatic heterocycles. The molecule has 23 heavy (non-hydrogen) atoms. The Morgan fingerprint density at radius 3 is 2.74 bits per heavy atom. The molecule has 2 rings (SSSR count). The highest BCUT2D eigenvalue weighted by Crippen LogP contribution is 2.36. The summed E-state index contributed by atoms with van der Waals surface area (Å²) in [5, 5.41) is 0.437. The maximum atomic E-state index is 12.4. The van der Waals surface area contributed by atoms with E-state index in [1.165, 1.54) is 7.11 Å². The van der Waals surface area contributed by atoms with Crippen LogP contribution in [0.15, 0.2) is 18.2 Å². The molecule has 0 radical (unpaired) electrons. The summed E-state index contributed by atoms with van der Waals surface area (Å²) in [5.74, 6) is 0.965. The number of nitrogens with zero attached hydrogens (tertiary/aromatic N) is 1. The van der Waals surface area contributed by atoms with Crippen LogP contribution >= 0.6 is 11.6 Å². The van der Waals surface area contributed by atoms with Crippen LogP contribution in [0.3, 0.4) is 0 Å². The van der Waals surface area contributed by atoms with Crippen molar-refractivity contribution < 1.29 is 19.0 Å². The zero-order chi connectivity index (χ0) is 17.0. The van der Waals surface area contributed by atoms with Gasteiger partial charge in [-0.15, -0.1) is 0 Å². The molecule has 1 heterocycles. The molecular weight excluding hydrogens is 318 g/mol. The second kappa shape index (κ2) is 7.70. The fourth-order valence-electron chi connectivity index (χ4n) is 2.51. The van der Waals surface area contributed by atoms with Crippen molar-refractivity contribution in [3.05, 3.63) is 28.8 Å². The molecule has 2 unspecified atom stereocenters. The second-order valence-electron chi connectivity index (χ2n) is 5.56. The Bertz CT molecular complexity index is 603. The third kappa shape index (κ3) is 4.18. The molecule has 1 aliphatic rings. The van der Waals surface area contributed by atoms with E-state index < -0.39 is 0 Å². The predicted molar refractivity (Wildman–Crippen MR) is 90.2 cm³/mol.